The van der Waals surface area contributed by atoms with Crippen LogP contribution < -0.4 is 16.4 Å². The fourth-order valence-electron chi connectivity index (χ4n) is 4.42. The minimum absolute atomic E-state index is 0.229. The van der Waals surface area contributed by atoms with Crippen LogP contribution in [0.15, 0.2) is 54.9 Å². The van der Waals surface area contributed by atoms with Crippen molar-refractivity contribution in [2.24, 2.45) is 0 Å². The molecule has 2 amide bonds. The molecule has 2 heterocycles. The van der Waals surface area contributed by atoms with Crippen LogP contribution in [0.1, 0.15) is 67.0 Å². The second kappa shape index (κ2) is 10.5. The average molecular weight is 495 g/mol. The average Bonchev–Trinajstić information content (AvgIpc) is 3.25. The summed E-state index contributed by atoms with van der Waals surface area (Å²) in [7, 11) is 0. The highest BCUT2D eigenvalue weighted by Crippen LogP contribution is 2.31. The van der Waals surface area contributed by atoms with Crippen molar-refractivity contribution in [3.8, 4) is 23.1 Å². The third-order valence-electron chi connectivity index (χ3n) is 6.13. The van der Waals surface area contributed by atoms with Gasteiger partial charge in [-0.15, -0.1) is 0 Å². The maximum absolute atomic E-state index is 13.1. The number of nitrogen functional groups attached to an aromatic ring is 1. The van der Waals surface area contributed by atoms with Gasteiger partial charge in [0.15, 0.2) is 0 Å². The van der Waals surface area contributed by atoms with E-state index in [-0.39, 0.29) is 5.91 Å². The Bertz CT molecular complexity index is 1560. The number of aryl methyl sites for hydroxylation is 1. The molecule has 0 saturated heterocycles. The van der Waals surface area contributed by atoms with E-state index in [1.54, 1.807) is 41.9 Å². The van der Waals surface area contributed by atoms with Crippen molar-refractivity contribution < 1.29 is 9.59 Å². The molecule has 0 bridgehead atoms. The number of aromatic nitrogens is 3. The van der Waals surface area contributed by atoms with Crippen molar-refractivity contribution in [1.82, 2.24) is 19.7 Å². The standard InChI is InChI=1S/C29H30N6O2/c1-6-8-24(36)32-19(5)28-34-25(26-27(30)31-13-14-35(26)28)20-9-7-10-21(16-20)29(37)33-22-11-12-23(17(2)3)18(4)15-22/h7,9-17,19H,1-5H3,(H2,30,31)(H,32,36)(H,33,37)/t19-/m0/s1. The highest BCUT2D eigenvalue weighted by atomic mass is 16.2. The molecular weight excluding hydrogens is 464 g/mol. The minimum atomic E-state index is -0.445. The fraction of sp³-hybridized carbons (Fsp3) is 0.241. The molecule has 4 aromatic rings. The minimum Gasteiger partial charge on any atom is -0.382 e. The normalized spacial score (nSPS) is 11.6. The van der Waals surface area contributed by atoms with Gasteiger partial charge >= 0.3 is 0 Å². The van der Waals surface area contributed by atoms with Crippen LogP contribution in [0.2, 0.25) is 0 Å². The molecule has 4 rings (SSSR count). The Balaban J connectivity index is 1.69. The monoisotopic (exact) mass is 494 g/mol. The fourth-order valence-corrected chi connectivity index (χ4v) is 4.42. The zero-order valence-corrected chi connectivity index (χ0v) is 21.6. The van der Waals surface area contributed by atoms with E-state index in [0.717, 1.165) is 11.3 Å². The molecule has 37 heavy (non-hydrogen) atoms. The lowest BCUT2D eigenvalue weighted by Crippen LogP contribution is -2.26. The lowest BCUT2D eigenvalue weighted by atomic mass is 9.97. The molecule has 0 fully saturated rings. The second-order valence-corrected chi connectivity index (χ2v) is 9.18. The third-order valence-corrected chi connectivity index (χ3v) is 6.13. The van der Waals surface area contributed by atoms with Crippen molar-refractivity contribution in [1.29, 1.82) is 0 Å². The molecule has 0 radical (unpaired) electrons. The summed E-state index contributed by atoms with van der Waals surface area (Å²) in [6.07, 6.45) is 3.32. The number of imidazole rings is 1. The van der Waals surface area contributed by atoms with Gasteiger partial charge in [0, 0.05) is 29.2 Å². The van der Waals surface area contributed by atoms with Gasteiger partial charge in [0.1, 0.15) is 22.9 Å². The van der Waals surface area contributed by atoms with Crippen LogP contribution in [-0.4, -0.2) is 26.2 Å². The van der Waals surface area contributed by atoms with E-state index < -0.39 is 11.9 Å². The van der Waals surface area contributed by atoms with Crippen LogP contribution in [0.5, 0.6) is 0 Å². The van der Waals surface area contributed by atoms with Gasteiger partial charge in [-0.25, -0.2) is 9.97 Å². The van der Waals surface area contributed by atoms with Gasteiger partial charge in [0.2, 0.25) is 0 Å². The van der Waals surface area contributed by atoms with Crippen LogP contribution >= 0.6 is 0 Å². The van der Waals surface area contributed by atoms with E-state index in [1.165, 1.54) is 5.56 Å². The molecule has 0 aliphatic carbocycles. The third kappa shape index (κ3) is 5.31. The molecule has 0 aliphatic rings. The summed E-state index contributed by atoms with van der Waals surface area (Å²) in [4.78, 5) is 34.2. The first-order valence-corrected chi connectivity index (χ1v) is 12.1. The van der Waals surface area contributed by atoms with Crippen LogP contribution in [0.25, 0.3) is 16.8 Å². The number of hydrogen-bond donors (Lipinski definition) is 3. The summed E-state index contributed by atoms with van der Waals surface area (Å²) < 4.78 is 1.80. The SMILES string of the molecule is CC#CC(=O)N[C@@H](C)c1nc(-c2cccc(C(=O)Nc3ccc(C(C)C)c(C)c3)c2)c2c(N)nccn12. The Labute approximate surface area is 216 Å². The first-order chi connectivity index (χ1) is 17.7. The topological polar surface area (TPSA) is 114 Å². The number of benzene rings is 2. The van der Waals surface area contributed by atoms with Gasteiger partial charge in [-0.3, -0.25) is 14.0 Å². The predicted octanol–water partition coefficient (Wildman–Crippen LogP) is 4.86. The number of anilines is 2. The summed E-state index contributed by atoms with van der Waals surface area (Å²) in [5, 5.41) is 5.81. The Kier molecular flexibility index (Phi) is 7.25. The number of nitrogens with two attached hydrogens (primary N) is 1. The molecule has 188 valence electrons. The molecular formula is C29H30N6O2. The Morgan fingerprint density at radius 1 is 1.11 bits per heavy atom. The molecule has 0 saturated carbocycles. The number of amides is 2. The van der Waals surface area contributed by atoms with Crippen molar-refractivity contribution in [2.45, 2.75) is 46.6 Å². The molecule has 1 atom stereocenters. The highest BCUT2D eigenvalue weighted by molar-refractivity contribution is 6.05. The van der Waals surface area contributed by atoms with Gasteiger partial charge in [-0.2, -0.15) is 0 Å². The molecule has 4 N–H and O–H groups in total. The van der Waals surface area contributed by atoms with E-state index >= 15 is 0 Å². The summed E-state index contributed by atoms with van der Waals surface area (Å²) in [6.45, 7) is 9.76. The number of carbonyl (C=O) groups excluding carboxylic acids is 2. The number of fused-ring (bicyclic) bond motifs is 1. The zero-order valence-electron chi connectivity index (χ0n) is 21.6. The van der Waals surface area contributed by atoms with Gasteiger partial charge in [0.05, 0.1) is 6.04 Å². The Hall–Kier alpha value is -4.64. The molecule has 8 nitrogen and oxygen atoms in total. The Morgan fingerprint density at radius 3 is 2.59 bits per heavy atom. The van der Waals surface area contributed by atoms with E-state index in [0.29, 0.717) is 39.9 Å². The number of nitrogens with zero attached hydrogens (tertiary/aromatic N) is 3. The molecule has 0 aliphatic heterocycles. The summed E-state index contributed by atoms with van der Waals surface area (Å²) in [5.41, 5.74) is 11.7. The van der Waals surface area contributed by atoms with E-state index in [4.69, 9.17) is 10.7 Å². The van der Waals surface area contributed by atoms with E-state index in [9.17, 15) is 9.59 Å². The summed E-state index contributed by atoms with van der Waals surface area (Å²) in [5.74, 6) is 5.71. The first kappa shape index (κ1) is 25.5. The molecule has 8 heteroatoms. The zero-order chi connectivity index (χ0) is 26.7. The van der Waals surface area contributed by atoms with Crippen LogP contribution in [0.4, 0.5) is 11.5 Å². The summed E-state index contributed by atoms with van der Waals surface area (Å²) >= 11 is 0. The number of hydrogen-bond acceptors (Lipinski definition) is 5. The number of carbonyl (C=O) groups is 2. The second-order valence-electron chi connectivity index (χ2n) is 9.18. The molecule has 0 spiro atoms. The quantitative estimate of drug-likeness (QED) is 0.331. The lowest BCUT2D eigenvalue weighted by molar-refractivity contribution is -0.116. The highest BCUT2D eigenvalue weighted by Gasteiger charge is 2.21. The first-order valence-electron chi connectivity index (χ1n) is 12.1. The number of rotatable bonds is 6. The van der Waals surface area contributed by atoms with Crippen LogP contribution in [-0.2, 0) is 4.79 Å². The number of nitrogens with one attached hydrogen (secondary N) is 2. The van der Waals surface area contributed by atoms with Crippen LogP contribution in [0.3, 0.4) is 0 Å². The lowest BCUT2D eigenvalue weighted by Gasteiger charge is -2.12. The maximum Gasteiger partial charge on any atom is 0.296 e. The summed E-state index contributed by atoms with van der Waals surface area (Å²) in [6, 6.07) is 12.7. The predicted molar refractivity (Wildman–Crippen MR) is 146 cm³/mol. The van der Waals surface area contributed by atoms with Gasteiger partial charge in [0.25, 0.3) is 11.8 Å². The van der Waals surface area contributed by atoms with Crippen molar-refractivity contribution in [3.63, 3.8) is 0 Å². The maximum atomic E-state index is 13.1. The van der Waals surface area contributed by atoms with Gasteiger partial charge in [-0.1, -0.05) is 38.0 Å². The van der Waals surface area contributed by atoms with Crippen molar-refractivity contribution in [3.05, 3.63) is 77.4 Å². The molecule has 2 aromatic carbocycles. The smallest absolute Gasteiger partial charge is 0.296 e. The van der Waals surface area contributed by atoms with E-state index in [1.807, 2.05) is 38.1 Å². The van der Waals surface area contributed by atoms with Gasteiger partial charge < -0.3 is 16.4 Å². The van der Waals surface area contributed by atoms with Crippen LogP contribution in [0, 0.1) is 18.8 Å². The molecule has 0 unspecified atom stereocenters. The molecule has 2 aromatic heterocycles. The van der Waals surface area contributed by atoms with Crippen molar-refractivity contribution >= 4 is 28.8 Å². The largest absolute Gasteiger partial charge is 0.382 e. The Morgan fingerprint density at radius 2 is 1.89 bits per heavy atom. The van der Waals surface area contributed by atoms with Gasteiger partial charge in [-0.05, 0) is 68.0 Å². The van der Waals surface area contributed by atoms with Crippen molar-refractivity contribution in [2.75, 3.05) is 11.1 Å². The van der Waals surface area contributed by atoms with E-state index in [2.05, 4.69) is 41.3 Å².